The zero-order valence-corrected chi connectivity index (χ0v) is 18.7. The van der Waals surface area contributed by atoms with Gasteiger partial charge in [-0.25, -0.2) is 15.0 Å². The largest absolute Gasteiger partial charge is 0.417 e. The van der Waals surface area contributed by atoms with Crippen molar-refractivity contribution in [3.63, 3.8) is 0 Å². The number of aromatic amines is 1. The van der Waals surface area contributed by atoms with Crippen LogP contribution in [0.5, 0.6) is 0 Å². The van der Waals surface area contributed by atoms with Crippen molar-refractivity contribution >= 4 is 22.9 Å². The first-order valence-electron chi connectivity index (χ1n) is 11.0. The standard InChI is InChI=1S/C23H24F3N7O/c1-12(14-3-5-17(6-4-14)32-13(2)34)31-22-30-9-15(8-27)20(33-22)19-11-29-21-18(19)7-16(10-28-21)23(24,25)26/h7,9-12,14,17H,3-6H2,1-2H3,(H,28,29)(H,32,34)(H,30,31,33)/t12-,14-,17-/m1/s1. The van der Waals surface area contributed by atoms with E-state index in [0.717, 1.165) is 37.9 Å². The molecule has 3 aromatic heterocycles. The molecule has 1 aliphatic rings. The van der Waals surface area contributed by atoms with Crippen molar-refractivity contribution in [3.05, 3.63) is 35.8 Å². The summed E-state index contributed by atoms with van der Waals surface area (Å²) in [7, 11) is 0. The number of pyridine rings is 1. The van der Waals surface area contributed by atoms with E-state index >= 15 is 0 Å². The number of halogens is 3. The van der Waals surface area contributed by atoms with Gasteiger partial charge >= 0.3 is 6.18 Å². The Morgan fingerprint density at radius 3 is 2.62 bits per heavy atom. The molecule has 0 unspecified atom stereocenters. The lowest BCUT2D eigenvalue weighted by molar-refractivity contribution is -0.137. The Bertz CT molecular complexity index is 1240. The molecule has 34 heavy (non-hydrogen) atoms. The summed E-state index contributed by atoms with van der Waals surface area (Å²) in [5.41, 5.74) is 0.111. The summed E-state index contributed by atoms with van der Waals surface area (Å²) in [4.78, 5) is 26.7. The molecule has 0 aromatic carbocycles. The van der Waals surface area contributed by atoms with Crippen LogP contribution in [0.25, 0.3) is 22.3 Å². The molecule has 1 atom stereocenters. The maximum atomic E-state index is 13.2. The van der Waals surface area contributed by atoms with E-state index in [4.69, 9.17) is 0 Å². The fraction of sp³-hybridized carbons (Fsp3) is 0.435. The minimum Gasteiger partial charge on any atom is -0.354 e. The topological polar surface area (TPSA) is 119 Å². The Hall–Kier alpha value is -3.68. The second-order valence-corrected chi connectivity index (χ2v) is 8.63. The predicted octanol–water partition coefficient (Wildman–Crippen LogP) is 4.41. The molecule has 1 aliphatic carbocycles. The van der Waals surface area contributed by atoms with Crippen LogP contribution in [-0.4, -0.2) is 37.9 Å². The Morgan fingerprint density at radius 1 is 1.24 bits per heavy atom. The van der Waals surface area contributed by atoms with Gasteiger partial charge in [0.2, 0.25) is 11.9 Å². The number of nitrogens with zero attached hydrogens (tertiary/aromatic N) is 4. The van der Waals surface area contributed by atoms with Gasteiger partial charge in [-0.1, -0.05) is 0 Å². The van der Waals surface area contributed by atoms with E-state index in [2.05, 4.69) is 30.6 Å². The average molecular weight is 471 g/mol. The van der Waals surface area contributed by atoms with Gasteiger partial charge < -0.3 is 15.6 Å². The molecule has 0 radical (unpaired) electrons. The fourth-order valence-electron chi connectivity index (χ4n) is 4.47. The molecule has 3 N–H and O–H groups in total. The smallest absolute Gasteiger partial charge is 0.354 e. The number of amides is 1. The van der Waals surface area contributed by atoms with Crippen molar-refractivity contribution in [3.8, 4) is 17.3 Å². The Balaban J connectivity index is 1.58. The van der Waals surface area contributed by atoms with Gasteiger partial charge in [-0.2, -0.15) is 18.4 Å². The number of aromatic nitrogens is 4. The van der Waals surface area contributed by atoms with Gasteiger partial charge in [0.25, 0.3) is 0 Å². The lowest BCUT2D eigenvalue weighted by Gasteiger charge is -2.32. The number of carbonyl (C=O) groups excluding carboxylic acids is 1. The maximum absolute atomic E-state index is 13.2. The zero-order chi connectivity index (χ0) is 24.5. The Labute approximate surface area is 194 Å². The van der Waals surface area contributed by atoms with Crippen molar-refractivity contribution in [2.75, 3.05) is 5.32 Å². The molecule has 3 aromatic rings. The first-order valence-corrected chi connectivity index (χ1v) is 11.0. The van der Waals surface area contributed by atoms with Crippen LogP contribution < -0.4 is 10.6 Å². The minimum absolute atomic E-state index is 0.0250. The van der Waals surface area contributed by atoms with Crippen LogP contribution in [0.15, 0.2) is 24.7 Å². The third-order valence-corrected chi connectivity index (χ3v) is 6.27. The number of nitriles is 1. The molecule has 0 bridgehead atoms. The molecule has 8 nitrogen and oxygen atoms in total. The Kier molecular flexibility index (Phi) is 6.41. The van der Waals surface area contributed by atoms with E-state index in [1.165, 1.54) is 19.3 Å². The summed E-state index contributed by atoms with van der Waals surface area (Å²) < 4.78 is 39.6. The predicted molar refractivity (Wildman–Crippen MR) is 119 cm³/mol. The highest BCUT2D eigenvalue weighted by molar-refractivity contribution is 5.94. The molecular weight excluding hydrogens is 447 g/mol. The SMILES string of the molecule is CC(=O)N[C@H]1CC[C@H]([C@@H](C)Nc2ncc(C#N)c(-c3c[nH]c4ncc(C(F)(F)F)cc34)n2)CC1. The van der Waals surface area contributed by atoms with Crippen LogP contribution in [0, 0.1) is 17.2 Å². The van der Waals surface area contributed by atoms with Crippen LogP contribution in [0.2, 0.25) is 0 Å². The first kappa shape index (κ1) is 23.5. The number of hydrogen-bond acceptors (Lipinski definition) is 6. The molecular formula is C23H24F3N7O. The quantitative estimate of drug-likeness (QED) is 0.507. The van der Waals surface area contributed by atoms with Gasteiger partial charge in [-0.3, -0.25) is 4.79 Å². The van der Waals surface area contributed by atoms with Crippen LogP contribution in [0.3, 0.4) is 0 Å². The van der Waals surface area contributed by atoms with Gasteiger partial charge in [-0.15, -0.1) is 0 Å². The minimum atomic E-state index is -4.54. The van der Waals surface area contributed by atoms with Crippen molar-refractivity contribution < 1.29 is 18.0 Å². The summed E-state index contributed by atoms with van der Waals surface area (Å²) in [6, 6.07) is 3.23. The summed E-state index contributed by atoms with van der Waals surface area (Å²) in [6.07, 6.45) is 2.72. The summed E-state index contributed by atoms with van der Waals surface area (Å²) >= 11 is 0. The molecule has 0 saturated heterocycles. The molecule has 0 spiro atoms. The molecule has 11 heteroatoms. The lowest BCUT2D eigenvalue weighted by atomic mass is 9.82. The number of nitrogens with one attached hydrogen (secondary N) is 3. The molecule has 3 heterocycles. The van der Waals surface area contributed by atoms with Crippen LogP contribution in [0.4, 0.5) is 19.1 Å². The van der Waals surface area contributed by atoms with Crippen molar-refractivity contribution in [1.82, 2.24) is 25.3 Å². The fourth-order valence-corrected chi connectivity index (χ4v) is 4.47. The van der Waals surface area contributed by atoms with Crippen LogP contribution in [0.1, 0.15) is 50.7 Å². The summed E-state index contributed by atoms with van der Waals surface area (Å²) in [5.74, 6) is 0.613. The molecule has 0 aliphatic heterocycles. The number of anilines is 1. The maximum Gasteiger partial charge on any atom is 0.417 e. The highest BCUT2D eigenvalue weighted by atomic mass is 19.4. The molecule has 1 saturated carbocycles. The number of hydrogen-bond donors (Lipinski definition) is 3. The molecule has 1 amide bonds. The highest BCUT2D eigenvalue weighted by Gasteiger charge is 2.32. The number of fused-ring (bicyclic) bond motifs is 1. The van der Waals surface area contributed by atoms with Crippen molar-refractivity contribution in [1.29, 1.82) is 5.26 Å². The average Bonchev–Trinajstić information content (AvgIpc) is 3.21. The first-order chi connectivity index (χ1) is 16.2. The molecule has 178 valence electrons. The monoisotopic (exact) mass is 471 g/mol. The molecule has 4 rings (SSSR count). The van der Waals surface area contributed by atoms with E-state index in [0.29, 0.717) is 17.4 Å². The van der Waals surface area contributed by atoms with E-state index in [1.807, 2.05) is 13.0 Å². The van der Waals surface area contributed by atoms with Gasteiger partial charge in [0, 0.05) is 42.4 Å². The van der Waals surface area contributed by atoms with Gasteiger partial charge in [0.05, 0.1) is 23.0 Å². The number of alkyl halides is 3. The van der Waals surface area contributed by atoms with E-state index in [9.17, 15) is 23.2 Å². The zero-order valence-electron chi connectivity index (χ0n) is 18.7. The van der Waals surface area contributed by atoms with Crippen molar-refractivity contribution in [2.24, 2.45) is 5.92 Å². The van der Waals surface area contributed by atoms with E-state index < -0.39 is 11.7 Å². The summed E-state index contributed by atoms with van der Waals surface area (Å²) in [6.45, 7) is 3.54. The van der Waals surface area contributed by atoms with Gasteiger partial charge in [0.15, 0.2) is 0 Å². The number of carbonyl (C=O) groups is 1. The normalized spacial score (nSPS) is 19.4. The number of rotatable bonds is 5. The van der Waals surface area contributed by atoms with Crippen LogP contribution >= 0.6 is 0 Å². The summed E-state index contributed by atoms with van der Waals surface area (Å²) in [5, 5.41) is 16.0. The van der Waals surface area contributed by atoms with E-state index in [1.54, 1.807) is 0 Å². The van der Waals surface area contributed by atoms with Gasteiger partial charge in [-0.05, 0) is 44.6 Å². The number of H-pyrrole nitrogens is 1. The molecule has 1 fully saturated rings. The van der Waals surface area contributed by atoms with Gasteiger partial charge in [0.1, 0.15) is 11.7 Å². The highest BCUT2D eigenvalue weighted by Crippen LogP contribution is 2.35. The lowest BCUT2D eigenvalue weighted by Crippen LogP contribution is -2.39. The van der Waals surface area contributed by atoms with Crippen LogP contribution in [-0.2, 0) is 11.0 Å². The van der Waals surface area contributed by atoms with E-state index in [-0.39, 0.29) is 40.3 Å². The second-order valence-electron chi connectivity index (χ2n) is 8.63. The van der Waals surface area contributed by atoms with Crippen molar-refractivity contribution in [2.45, 2.75) is 57.8 Å². The third-order valence-electron chi connectivity index (χ3n) is 6.27. The Morgan fingerprint density at radius 2 is 1.97 bits per heavy atom. The third kappa shape index (κ3) is 4.95. The second kappa shape index (κ2) is 9.29.